The van der Waals surface area contributed by atoms with Crippen LogP contribution in [-0.2, 0) is 0 Å². The second-order valence-corrected chi connectivity index (χ2v) is 4.25. The van der Waals surface area contributed by atoms with Gasteiger partial charge in [-0.3, -0.25) is 0 Å². The SMILES string of the molecule is C1=C(C2=NNCCCC2)CCCCC1. The van der Waals surface area contributed by atoms with E-state index in [1.165, 1.54) is 62.7 Å². The summed E-state index contributed by atoms with van der Waals surface area (Å²) in [5.41, 5.74) is 6.02. The molecule has 0 saturated carbocycles. The molecular formula is C12H20N2. The molecule has 2 aliphatic rings. The third-order valence-electron chi connectivity index (χ3n) is 3.08. The van der Waals surface area contributed by atoms with Crippen LogP contribution in [0, 0.1) is 0 Å². The summed E-state index contributed by atoms with van der Waals surface area (Å²) in [7, 11) is 0. The molecule has 1 aliphatic heterocycles. The van der Waals surface area contributed by atoms with Crippen molar-refractivity contribution in [2.75, 3.05) is 6.54 Å². The molecule has 0 spiro atoms. The normalized spacial score (nSPS) is 24.0. The molecule has 0 aromatic heterocycles. The monoisotopic (exact) mass is 192 g/mol. The molecule has 0 fully saturated rings. The molecule has 2 rings (SSSR count). The van der Waals surface area contributed by atoms with E-state index in [-0.39, 0.29) is 0 Å². The van der Waals surface area contributed by atoms with Crippen LogP contribution in [0.3, 0.4) is 0 Å². The van der Waals surface area contributed by atoms with Gasteiger partial charge in [-0.1, -0.05) is 12.5 Å². The molecule has 0 bridgehead atoms. The van der Waals surface area contributed by atoms with E-state index in [0.29, 0.717) is 0 Å². The number of allylic oxidation sites excluding steroid dienone is 2. The Morgan fingerprint density at radius 2 is 1.93 bits per heavy atom. The molecule has 1 aliphatic carbocycles. The summed E-state index contributed by atoms with van der Waals surface area (Å²) in [6, 6.07) is 0. The van der Waals surface area contributed by atoms with E-state index in [1.54, 1.807) is 0 Å². The van der Waals surface area contributed by atoms with E-state index in [2.05, 4.69) is 16.6 Å². The second kappa shape index (κ2) is 5.18. The smallest absolute Gasteiger partial charge is 0.0631 e. The lowest BCUT2D eigenvalue weighted by molar-refractivity contribution is 0.686. The maximum atomic E-state index is 4.49. The summed E-state index contributed by atoms with van der Waals surface area (Å²) in [4.78, 5) is 0. The molecule has 78 valence electrons. The van der Waals surface area contributed by atoms with Gasteiger partial charge < -0.3 is 5.43 Å². The van der Waals surface area contributed by atoms with Crippen molar-refractivity contribution < 1.29 is 0 Å². The van der Waals surface area contributed by atoms with Crippen LogP contribution >= 0.6 is 0 Å². The summed E-state index contributed by atoms with van der Waals surface area (Å²) in [6.07, 6.45) is 12.8. The standard InChI is InChI=1S/C12H20N2/c1-2-4-8-11(7-3-1)12-9-5-6-10-13-14-12/h7,13H,1-6,8-10H2. The molecule has 1 N–H and O–H groups in total. The average molecular weight is 192 g/mol. The Morgan fingerprint density at radius 1 is 1.00 bits per heavy atom. The van der Waals surface area contributed by atoms with Gasteiger partial charge in [0, 0.05) is 6.54 Å². The number of hydrazone groups is 1. The topological polar surface area (TPSA) is 24.4 Å². The highest BCUT2D eigenvalue weighted by atomic mass is 15.3. The Hall–Kier alpha value is -0.790. The fourth-order valence-corrected chi connectivity index (χ4v) is 2.21. The van der Waals surface area contributed by atoms with Crippen molar-refractivity contribution in [2.45, 2.75) is 51.4 Å². The third kappa shape index (κ3) is 2.60. The summed E-state index contributed by atoms with van der Waals surface area (Å²) in [5, 5.41) is 4.49. The summed E-state index contributed by atoms with van der Waals surface area (Å²) in [6.45, 7) is 1.05. The van der Waals surface area contributed by atoms with Gasteiger partial charge in [0.25, 0.3) is 0 Å². The Labute approximate surface area is 86.5 Å². The number of hydrogen-bond donors (Lipinski definition) is 1. The van der Waals surface area contributed by atoms with Crippen LogP contribution in [0.25, 0.3) is 0 Å². The molecule has 0 saturated heterocycles. The zero-order valence-electron chi connectivity index (χ0n) is 8.89. The first kappa shape index (κ1) is 9.75. The molecule has 14 heavy (non-hydrogen) atoms. The predicted octanol–water partition coefficient (Wildman–Crippen LogP) is 3.01. The van der Waals surface area contributed by atoms with E-state index < -0.39 is 0 Å². The third-order valence-corrected chi connectivity index (χ3v) is 3.08. The van der Waals surface area contributed by atoms with Crippen LogP contribution < -0.4 is 5.43 Å². The minimum absolute atomic E-state index is 1.05. The Bertz CT molecular complexity index is 215. The van der Waals surface area contributed by atoms with Crippen molar-refractivity contribution in [3.05, 3.63) is 11.6 Å². The van der Waals surface area contributed by atoms with Crippen LogP contribution in [0.4, 0.5) is 0 Å². The van der Waals surface area contributed by atoms with Crippen molar-refractivity contribution in [2.24, 2.45) is 5.10 Å². The van der Waals surface area contributed by atoms with Crippen LogP contribution in [0.2, 0.25) is 0 Å². The molecule has 0 aromatic rings. The lowest BCUT2D eigenvalue weighted by Crippen LogP contribution is -2.09. The number of nitrogens with one attached hydrogen (secondary N) is 1. The molecular weight excluding hydrogens is 172 g/mol. The van der Waals surface area contributed by atoms with Crippen LogP contribution in [0.15, 0.2) is 16.8 Å². The molecule has 0 atom stereocenters. The summed E-state index contributed by atoms with van der Waals surface area (Å²) < 4.78 is 0. The van der Waals surface area contributed by atoms with E-state index in [9.17, 15) is 0 Å². The van der Waals surface area contributed by atoms with Crippen LogP contribution in [-0.4, -0.2) is 12.3 Å². The average Bonchev–Trinajstić information content (AvgIpc) is 2.62. The van der Waals surface area contributed by atoms with Gasteiger partial charge >= 0.3 is 0 Å². The predicted molar refractivity (Wildman–Crippen MR) is 60.5 cm³/mol. The largest absolute Gasteiger partial charge is 0.310 e. The minimum Gasteiger partial charge on any atom is -0.310 e. The van der Waals surface area contributed by atoms with Gasteiger partial charge in [0.2, 0.25) is 0 Å². The van der Waals surface area contributed by atoms with Crippen molar-refractivity contribution in [1.29, 1.82) is 0 Å². The minimum atomic E-state index is 1.05. The lowest BCUT2D eigenvalue weighted by atomic mass is 10.0. The maximum Gasteiger partial charge on any atom is 0.0631 e. The summed E-state index contributed by atoms with van der Waals surface area (Å²) in [5.74, 6) is 0. The summed E-state index contributed by atoms with van der Waals surface area (Å²) >= 11 is 0. The van der Waals surface area contributed by atoms with Crippen LogP contribution in [0.5, 0.6) is 0 Å². The number of rotatable bonds is 1. The van der Waals surface area contributed by atoms with E-state index in [4.69, 9.17) is 0 Å². The fraction of sp³-hybridized carbons (Fsp3) is 0.750. The number of hydrogen-bond acceptors (Lipinski definition) is 2. The second-order valence-electron chi connectivity index (χ2n) is 4.25. The number of nitrogens with zero attached hydrogens (tertiary/aromatic N) is 1. The van der Waals surface area contributed by atoms with Gasteiger partial charge in [-0.05, 0) is 50.5 Å². The van der Waals surface area contributed by atoms with Crippen molar-refractivity contribution in [3.8, 4) is 0 Å². The van der Waals surface area contributed by atoms with Gasteiger partial charge in [0.05, 0.1) is 5.71 Å². The van der Waals surface area contributed by atoms with Gasteiger partial charge in [-0.2, -0.15) is 5.10 Å². The van der Waals surface area contributed by atoms with E-state index >= 15 is 0 Å². The molecule has 1 heterocycles. The van der Waals surface area contributed by atoms with Gasteiger partial charge in [0.15, 0.2) is 0 Å². The van der Waals surface area contributed by atoms with E-state index in [0.717, 1.165) is 6.54 Å². The van der Waals surface area contributed by atoms with Gasteiger partial charge in [-0.25, -0.2) is 0 Å². The molecule has 0 radical (unpaired) electrons. The first-order valence-corrected chi connectivity index (χ1v) is 5.95. The zero-order valence-corrected chi connectivity index (χ0v) is 8.89. The Balaban J connectivity index is 2.03. The molecule has 0 unspecified atom stereocenters. The van der Waals surface area contributed by atoms with Gasteiger partial charge in [-0.15, -0.1) is 0 Å². The molecule has 2 heteroatoms. The first-order valence-electron chi connectivity index (χ1n) is 5.95. The van der Waals surface area contributed by atoms with Crippen LogP contribution in [0.1, 0.15) is 51.4 Å². The molecule has 2 nitrogen and oxygen atoms in total. The molecule has 0 aromatic carbocycles. The zero-order chi connectivity index (χ0) is 9.64. The van der Waals surface area contributed by atoms with Crippen molar-refractivity contribution in [1.82, 2.24) is 5.43 Å². The van der Waals surface area contributed by atoms with Crippen molar-refractivity contribution in [3.63, 3.8) is 0 Å². The fourth-order valence-electron chi connectivity index (χ4n) is 2.21. The van der Waals surface area contributed by atoms with E-state index in [1.807, 2.05) is 0 Å². The van der Waals surface area contributed by atoms with Gasteiger partial charge in [0.1, 0.15) is 0 Å². The maximum absolute atomic E-state index is 4.49. The highest BCUT2D eigenvalue weighted by molar-refractivity contribution is 6.00. The quantitative estimate of drug-likeness (QED) is 0.678. The molecule has 0 amide bonds. The Kier molecular flexibility index (Phi) is 3.61. The highest BCUT2D eigenvalue weighted by Crippen LogP contribution is 2.21. The lowest BCUT2D eigenvalue weighted by Gasteiger charge is -2.06. The Morgan fingerprint density at radius 3 is 2.93 bits per heavy atom. The van der Waals surface area contributed by atoms with Crippen molar-refractivity contribution >= 4 is 5.71 Å². The first-order chi connectivity index (χ1) is 6.97. The highest BCUT2D eigenvalue weighted by Gasteiger charge is 2.11.